The number of carbonyl (C=O) groups is 1. The Balaban J connectivity index is 1.76. The number of carbonyl (C=O) groups excluding carboxylic acids is 1. The van der Waals surface area contributed by atoms with Crippen molar-refractivity contribution < 1.29 is 24.1 Å². The molecule has 0 bridgehead atoms. The predicted molar refractivity (Wildman–Crippen MR) is 121 cm³/mol. The molecular formula is C26H29NO5. The fraction of sp³-hybridized carbons (Fsp3) is 0.385. The van der Waals surface area contributed by atoms with Crippen LogP contribution in [0.3, 0.4) is 0 Å². The molecule has 2 aromatic carbocycles. The van der Waals surface area contributed by atoms with Crippen LogP contribution in [-0.4, -0.2) is 53.5 Å². The van der Waals surface area contributed by atoms with E-state index in [1.807, 2.05) is 80.6 Å². The number of nitrogens with zero attached hydrogens (tertiary/aromatic N) is 1. The van der Waals surface area contributed by atoms with E-state index in [0.717, 1.165) is 11.1 Å². The quantitative estimate of drug-likeness (QED) is 0.427. The molecule has 0 saturated carbocycles. The number of aliphatic hydroxyl groups is 1. The van der Waals surface area contributed by atoms with Crippen molar-refractivity contribution in [3.8, 4) is 0 Å². The van der Waals surface area contributed by atoms with E-state index < -0.39 is 35.9 Å². The summed E-state index contributed by atoms with van der Waals surface area (Å²) in [7, 11) is 0. The van der Waals surface area contributed by atoms with Crippen LogP contribution in [0.15, 0.2) is 77.8 Å². The molecule has 168 valence electrons. The predicted octanol–water partition coefficient (Wildman–Crippen LogP) is 3.52. The fourth-order valence-electron chi connectivity index (χ4n) is 4.26. The molecule has 6 nitrogen and oxygen atoms in total. The minimum Gasteiger partial charge on any atom is -0.464 e. The van der Waals surface area contributed by atoms with Gasteiger partial charge in [0, 0.05) is 17.0 Å². The normalized spacial score (nSPS) is 26.8. The zero-order valence-electron chi connectivity index (χ0n) is 18.5. The van der Waals surface area contributed by atoms with Gasteiger partial charge in [-0.1, -0.05) is 72.8 Å². The van der Waals surface area contributed by atoms with Gasteiger partial charge in [0.2, 0.25) is 0 Å². The van der Waals surface area contributed by atoms with Crippen LogP contribution in [0.1, 0.15) is 31.9 Å². The molecule has 0 amide bonds. The minimum atomic E-state index is -0.974. The summed E-state index contributed by atoms with van der Waals surface area (Å²) in [6.07, 6.45) is 1.73. The van der Waals surface area contributed by atoms with Crippen molar-refractivity contribution >= 4 is 11.7 Å². The maximum atomic E-state index is 13.1. The van der Waals surface area contributed by atoms with Crippen LogP contribution in [0.5, 0.6) is 0 Å². The molecule has 6 heteroatoms. The third-order valence-electron chi connectivity index (χ3n) is 5.67. The average Bonchev–Trinajstić information content (AvgIpc) is 3.12. The number of hydrogen-bond donors (Lipinski definition) is 1. The van der Waals surface area contributed by atoms with Crippen molar-refractivity contribution in [1.82, 2.24) is 0 Å². The van der Waals surface area contributed by atoms with Crippen LogP contribution in [0.4, 0.5) is 0 Å². The van der Waals surface area contributed by atoms with E-state index >= 15 is 0 Å². The van der Waals surface area contributed by atoms with Gasteiger partial charge in [-0.25, -0.2) is 4.79 Å². The summed E-state index contributed by atoms with van der Waals surface area (Å²) in [5.74, 6) is -1.91. The first-order valence-corrected chi connectivity index (χ1v) is 11.0. The van der Waals surface area contributed by atoms with Gasteiger partial charge in [0.05, 0.1) is 18.4 Å². The summed E-state index contributed by atoms with van der Waals surface area (Å²) in [4.78, 5) is 18.0. The van der Waals surface area contributed by atoms with Gasteiger partial charge in [-0.05, 0) is 20.8 Å². The van der Waals surface area contributed by atoms with E-state index in [9.17, 15) is 9.90 Å². The van der Waals surface area contributed by atoms with E-state index in [2.05, 4.69) is 0 Å². The van der Waals surface area contributed by atoms with Crippen LogP contribution >= 0.6 is 0 Å². The Morgan fingerprint density at radius 3 is 2.19 bits per heavy atom. The highest BCUT2D eigenvalue weighted by Crippen LogP contribution is 2.37. The molecular weight excluding hydrogens is 406 g/mol. The molecule has 1 fully saturated rings. The number of esters is 1. The van der Waals surface area contributed by atoms with Gasteiger partial charge in [0.25, 0.3) is 0 Å². The number of aliphatic imine (C=N–C) groups is 1. The molecule has 1 N–H and O–H groups in total. The highest BCUT2D eigenvalue weighted by Gasteiger charge is 2.50. The summed E-state index contributed by atoms with van der Waals surface area (Å²) in [5, 5.41) is 11.2. The highest BCUT2D eigenvalue weighted by atomic mass is 16.8. The average molecular weight is 436 g/mol. The molecule has 32 heavy (non-hydrogen) atoms. The Kier molecular flexibility index (Phi) is 6.55. The van der Waals surface area contributed by atoms with Crippen LogP contribution < -0.4 is 0 Å². The molecule has 1 saturated heterocycles. The second-order valence-corrected chi connectivity index (χ2v) is 8.42. The Morgan fingerprint density at radius 2 is 1.62 bits per heavy atom. The molecule has 0 aromatic heterocycles. The Bertz CT molecular complexity index is 944. The molecule has 5 atom stereocenters. The molecule has 0 radical (unpaired) electrons. The standard InChI is InChI=1S/C26H29NO5/c1-4-30-25(29)22(19-15-16-20-24(23(19)28)32-26(2,3)31-20)27-21(17-11-7-5-8-12-17)18-13-9-6-10-14-18/h5-16,19-20,22-24,28H,4H2,1-3H3/t19-,20-,22-,23-,24-/m1/s1. The molecule has 0 unspecified atom stereocenters. The topological polar surface area (TPSA) is 77.4 Å². The third kappa shape index (κ3) is 4.67. The number of hydrogen-bond acceptors (Lipinski definition) is 6. The van der Waals surface area contributed by atoms with Crippen LogP contribution in [0, 0.1) is 5.92 Å². The van der Waals surface area contributed by atoms with Crippen LogP contribution in [0.25, 0.3) is 0 Å². The summed E-state index contributed by atoms with van der Waals surface area (Å²) < 4.78 is 17.2. The largest absolute Gasteiger partial charge is 0.464 e. The highest BCUT2D eigenvalue weighted by molar-refractivity contribution is 6.13. The lowest BCUT2D eigenvalue weighted by atomic mass is 9.83. The summed E-state index contributed by atoms with van der Waals surface area (Å²) >= 11 is 0. The van der Waals surface area contributed by atoms with Gasteiger partial charge >= 0.3 is 5.97 Å². The van der Waals surface area contributed by atoms with Crippen molar-refractivity contribution in [2.75, 3.05) is 6.61 Å². The molecule has 4 rings (SSSR count). The van der Waals surface area contributed by atoms with Crippen molar-refractivity contribution in [3.05, 3.63) is 83.9 Å². The first-order chi connectivity index (χ1) is 15.4. The van der Waals surface area contributed by atoms with E-state index in [0.29, 0.717) is 5.71 Å². The maximum Gasteiger partial charge on any atom is 0.331 e. The first kappa shape index (κ1) is 22.4. The Morgan fingerprint density at radius 1 is 1.03 bits per heavy atom. The summed E-state index contributed by atoms with van der Waals surface area (Å²) in [6, 6.07) is 18.5. The second kappa shape index (κ2) is 9.36. The van der Waals surface area contributed by atoms with Gasteiger partial charge in [0.1, 0.15) is 12.2 Å². The van der Waals surface area contributed by atoms with Gasteiger partial charge in [-0.3, -0.25) is 4.99 Å². The number of ether oxygens (including phenoxy) is 3. The fourth-order valence-corrected chi connectivity index (χ4v) is 4.26. The first-order valence-electron chi connectivity index (χ1n) is 11.0. The maximum absolute atomic E-state index is 13.1. The minimum absolute atomic E-state index is 0.224. The van der Waals surface area contributed by atoms with Crippen molar-refractivity contribution in [2.24, 2.45) is 10.9 Å². The lowest BCUT2D eigenvalue weighted by Gasteiger charge is -2.33. The number of aliphatic hydroxyl groups excluding tert-OH is 1. The van der Waals surface area contributed by atoms with Gasteiger partial charge < -0.3 is 19.3 Å². The zero-order valence-corrected chi connectivity index (χ0v) is 18.5. The van der Waals surface area contributed by atoms with E-state index in [1.54, 1.807) is 13.0 Å². The van der Waals surface area contributed by atoms with Gasteiger partial charge in [-0.2, -0.15) is 0 Å². The Hall–Kier alpha value is -2.80. The van der Waals surface area contributed by atoms with E-state index in [4.69, 9.17) is 19.2 Å². The van der Waals surface area contributed by atoms with Crippen molar-refractivity contribution in [3.63, 3.8) is 0 Å². The Labute approximate surface area is 188 Å². The molecule has 1 aliphatic heterocycles. The van der Waals surface area contributed by atoms with E-state index in [-0.39, 0.29) is 12.7 Å². The number of benzene rings is 2. The monoisotopic (exact) mass is 435 g/mol. The van der Waals surface area contributed by atoms with Crippen LogP contribution in [-0.2, 0) is 19.0 Å². The van der Waals surface area contributed by atoms with Gasteiger partial charge in [-0.15, -0.1) is 0 Å². The zero-order chi connectivity index (χ0) is 22.7. The summed E-state index contributed by atoms with van der Waals surface area (Å²) in [6.45, 7) is 5.60. The molecule has 2 aromatic rings. The molecule has 2 aliphatic rings. The van der Waals surface area contributed by atoms with Crippen molar-refractivity contribution in [1.29, 1.82) is 0 Å². The van der Waals surface area contributed by atoms with Crippen molar-refractivity contribution in [2.45, 2.75) is 50.9 Å². The number of rotatable bonds is 6. The summed E-state index contributed by atoms with van der Waals surface area (Å²) in [5.41, 5.74) is 2.42. The molecule has 1 heterocycles. The van der Waals surface area contributed by atoms with E-state index in [1.165, 1.54) is 0 Å². The smallest absolute Gasteiger partial charge is 0.331 e. The SMILES string of the molecule is CCOC(=O)[C@H](N=C(c1ccccc1)c1ccccc1)[C@H]1C=C[C@H]2OC(C)(C)O[C@H]2[C@@H]1O. The van der Waals surface area contributed by atoms with Crippen LogP contribution in [0.2, 0.25) is 0 Å². The lowest BCUT2D eigenvalue weighted by Crippen LogP contribution is -2.48. The molecule has 1 aliphatic carbocycles. The molecule has 0 spiro atoms. The second-order valence-electron chi connectivity index (χ2n) is 8.42. The third-order valence-corrected chi connectivity index (χ3v) is 5.67. The van der Waals surface area contributed by atoms with Gasteiger partial charge in [0.15, 0.2) is 11.8 Å². The lowest BCUT2D eigenvalue weighted by molar-refractivity contribution is -0.158. The number of fused-ring (bicyclic) bond motifs is 1.